The van der Waals surface area contributed by atoms with Gasteiger partial charge in [0.05, 0.1) is 11.8 Å². The maximum atomic E-state index is 12.4. The standard InChI is InChI=1S/C9H11F3N4S/c1-2-16(5-9(10,11)12)8-6(7(13)17)3-4-14-15-8/h3-4H,2,5H2,1H3,(H2,13,17). The maximum absolute atomic E-state index is 12.4. The van der Waals surface area contributed by atoms with Crippen LogP contribution in [-0.4, -0.2) is 34.5 Å². The molecule has 8 heteroatoms. The molecule has 1 aromatic heterocycles. The van der Waals surface area contributed by atoms with Gasteiger partial charge in [0, 0.05) is 6.54 Å². The van der Waals surface area contributed by atoms with Gasteiger partial charge in [-0.05, 0) is 13.0 Å². The highest BCUT2D eigenvalue weighted by Gasteiger charge is 2.31. The summed E-state index contributed by atoms with van der Waals surface area (Å²) >= 11 is 4.76. The first-order valence-electron chi connectivity index (χ1n) is 4.78. The minimum Gasteiger partial charge on any atom is -0.389 e. The van der Waals surface area contributed by atoms with Crippen molar-refractivity contribution in [2.75, 3.05) is 18.0 Å². The van der Waals surface area contributed by atoms with Gasteiger partial charge in [0.2, 0.25) is 0 Å². The molecular formula is C9H11F3N4S. The summed E-state index contributed by atoms with van der Waals surface area (Å²) in [5, 5.41) is 7.22. The average molecular weight is 264 g/mol. The Bertz CT molecular complexity index is 407. The number of nitrogens with two attached hydrogens (primary N) is 1. The van der Waals surface area contributed by atoms with Crippen LogP contribution >= 0.6 is 12.2 Å². The quantitative estimate of drug-likeness (QED) is 0.835. The Morgan fingerprint density at radius 1 is 1.53 bits per heavy atom. The number of thiocarbonyl (C=S) groups is 1. The van der Waals surface area contributed by atoms with Gasteiger partial charge >= 0.3 is 6.18 Å². The van der Waals surface area contributed by atoms with Crippen molar-refractivity contribution < 1.29 is 13.2 Å². The summed E-state index contributed by atoms with van der Waals surface area (Å²) in [5.41, 5.74) is 5.72. The Balaban J connectivity index is 3.07. The summed E-state index contributed by atoms with van der Waals surface area (Å²) in [6.07, 6.45) is -2.99. The number of hydrogen-bond donors (Lipinski definition) is 1. The third kappa shape index (κ3) is 3.81. The summed E-state index contributed by atoms with van der Waals surface area (Å²) in [4.78, 5) is 1.03. The van der Waals surface area contributed by atoms with Crippen molar-refractivity contribution in [1.82, 2.24) is 10.2 Å². The molecule has 0 aromatic carbocycles. The molecule has 0 saturated carbocycles. The molecule has 4 nitrogen and oxygen atoms in total. The Morgan fingerprint density at radius 2 is 2.18 bits per heavy atom. The maximum Gasteiger partial charge on any atom is 0.405 e. The highest BCUT2D eigenvalue weighted by Crippen LogP contribution is 2.22. The number of aromatic nitrogens is 2. The lowest BCUT2D eigenvalue weighted by Gasteiger charge is -2.24. The van der Waals surface area contributed by atoms with E-state index >= 15 is 0 Å². The fourth-order valence-electron chi connectivity index (χ4n) is 1.30. The minimum absolute atomic E-state index is 0.00414. The SMILES string of the molecule is CCN(CC(F)(F)F)c1nnccc1C(N)=S. The first kappa shape index (κ1) is 13.6. The molecule has 1 heterocycles. The van der Waals surface area contributed by atoms with Gasteiger partial charge in [-0.25, -0.2) is 0 Å². The molecule has 2 N–H and O–H groups in total. The van der Waals surface area contributed by atoms with Gasteiger partial charge in [0.1, 0.15) is 11.5 Å². The highest BCUT2D eigenvalue weighted by atomic mass is 32.1. The molecule has 0 fully saturated rings. The lowest BCUT2D eigenvalue weighted by molar-refractivity contribution is -0.119. The van der Waals surface area contributed by atoms with E-state index in [0.29, 0.717) is 5.56 Å². The van der Waals surface area contributed by atoms with Crippen LogP contribution in [0, 0.1) is 0 Å². The van der Waals surface area contributed by atoms with Crippen molar-refractivity contribution in [3.8, 4) is 0 Å². The second-order valence-corrected chi connectivity index (χ2v) is 3.70. The molecule has 0 saturated heterocycles. The Hall–Kier alpha value is -1.44. The molecule has 0 radical (unpaired) electrons. The highest BCUT2D eigenvalue weighted by molar-refractivity contribution is 7.80. The van der Waals surface area contributed by atoms with E-state index in [4.69, 9.17) is 18.0 Å². The van der Waals surface area contributed by atoms with Crippen LogP contribution in [0.1, 0.15) is 12.5 Å². The van der Waals surface area contributed by atoms with E-state index in [1.165, 1.54) is 12.3 Å². The molecule has 0 aliphatic carbocycles. The van der Waals surface area contributed by atoms with Gasteiger partial charge in [-0.2, -0.15) is 18.3 Å². The molecule has 0 spiro atoms. The van der Waals surface area contributed by atoms with E-state index in [1.54, 1.807) is 6.92 Å². The van der Waals surface area contributed by atoms with Crippen LogP contribution < -0.4 is 10.6 Å². The van der Waals surface area contributed by atoms with Crippen molar-refractivity contribution >= 4 is 23.0 Å². The van der Waals surface area contributed by atoms with E-state index in [2.05, 4.69) is 10.2 Å². The summed E-state index contributed by atoms with van der Waals surface area (Å²) in [6, 6.07) is 1.45. The van der Waals surface area contributed by atoms with E-state index < -0.39 is 12.7 Å². The van der Waals surface area contributed by atoms with Crippen molar-refractivity contribution in [3.05, 3.63) is 17.8 Å². The van der Waals surface area contributed by atoms with Crippen LogP contribution in [0.5, 0.6) is 0 Å². The third-order valence-electron chi connectivity index (χ3n) is 2.02. The number of alkyl halides is 3. The lowest BCUT2D eigenvalue weighted by Crippen LogP contribution is -2.36. The lowest BCUT2D eigenvalue weighted by atomic mass is 10.2. The van der Waals surface area contributed by atoms with Crippen molar-refractivity contribution in [2.24, 2.45) is 5.73 Å². The number of halogens is 3. The summed E-state index contributed by atoms with van der Waals surface area (Å²) < 4.78 is 37.1. The van der Waals surface area contributed by atoms with Crippen molar-refractivity contribution in [1.29, 1.82) is 0 Å². The fourth-order valence-corrected chi connectivity index (χ4v) is 1.46. The molecule has 0 aliphatic heterocycles. The van der Waals surface area contributed by atoms with Crippen molar-refractivity contribution in [2.45, 2.75) is 13.1 Å². The molecular weight excluding hydrogens is 253 g/mol. The van der Waals surface area contributed by atoms with Crippen molar-refractivity contribution in [3.63, 3.8) is 0 Å². The Labute approximate surface area is 102 Å². The van der Waals surface area contributed by atoms with Gasteiger partial charge in [-0.15, -0.1) is 5.10 Å². The molecule has 0 atom stereocenters. The molecule has 0 aliphatic rings. The van der Waals surface area contributed by atoms with Crippen LogP contribution in [-0.2, 0) is 0 Å². The first-order valence-corrected chi connectivity index (χ1v) is 5.19. The van der Waals surface area contributed by atoms with Crippen LogP contribution in [0.25, 0.3) is 0 Å². The minimum atomic E-state index is -4.32. The van der Waals surface area contributed by atoms with E-state index in [-0.39, 0.29) is 17.4 Å². The topological polar surface area (TPSA) is 55.0 Å². The second-order valence-electron chi connectivity index (χ2n) is 3.26. The smallest absolute Gasteiger partial charge is 0.389 e. The summed E-state index contributed by atoms with van der Waals surface area (Å²) in [7, 11) is 0. The zero-order valence-electron chi connectivity index (χ0n) is 9.03. The molecule has 0 unspecified atom stereocenters. The average Bonchev–Trinajstić information content (AvgIpc) is 2.24. The van der Waals surface area contributed by atoms with Crippen LogP contribution in [0.3, 0.4) is 0 Å². The second kappa shape index (κ2) is 5.26. The van der Waals surface area contributed by atoms with E-state index in [0.717, 1.165) is 4.90 Å². The summed E-state index contributed by atoms with van der Waals surface area (Å²) in [6.45, 7) is 0.607. The number of nitrogens with zero attached hydrogens (tertiary/aromatic N) is 3. The predicted molar refractivity (Wildman–Crippen MR) is 61.9 cm³/mol. The number of hydrogen-bond acceptors (Lipinski definition) is 4. The number of rotatable bonds is 4. The fraction of sp³-hybridized carbons (Fsp3) is 0.444. The first-order chi connectivity index (χ1) is 7.85. The van der Waals surface area contributed by atoms with Gasteiger partial charge in [-0.3, -0.25) is 0 Å². The molecule has 0 bridgehead atoms. The van der Waals surface area contributed by atoms with Crippen LogP contribution in [0.15, 0.2) is 12.3 Å². The molecule has 0 amide bonds. The van der Waals surface area contributed by atoms with E-state index in [9.17, 15) is 13.2 Å². The van der Waals surface area contributed by atoms with E-state index in [1.807, 2.05) is 0 Å². The van der Waals surface area contributed by atoms with Gasteiger partial charge in [0.25, 0.3) is 0 Å². The normalized spacial score (nSPS) is 11.3. The Morgan fingerprint density at radius 3 is 2.65 bits per heavy atom. The van der Waals surface area contributed by atoms with Crippen LogP contribution in [0.2, 0.25) is 0 Å². The predicted octanol–water partition coefficient (Wildman–Crippen LogP) is 1.50. The van der Waals surface area contributed by atoms with Crippen LogP contribution in [0.4, 0.5) is 19.0 Å². The molecule has 94 valence electrons. The van der Waals surface area contributed by atoms with Gasteiger partial charge < -0.3 is 10.6 Å². The number of anilines is 1. The third-order valence-corrected chi connectivity index (χ3v) is 2.24. The zero-order valence-corrected chi connectivity index (χ0v) is 9.85. The van der Waals surface area contributed by atoms with Gasteiger partial charge in [-0.1, -0.05) is 12.2 Å². The zero-order chi connectivity index (χ0) is 13.1. The summed E-state index contributed by atoms with van der Waals surface area (Å²) in [5.74, 6) is 0.0554. The molecule has 1 rings (SSSR count). The van der Waals surface area contributed by atoms with Gasteiger partial charge in [0.15, 0.2) is 5.82 Å². The molecule has 1 aromatic rings. The Kier molecular flexibility index (Phi) is 4.22. The largest absolute Gasteiger partial charge is 0.405 e. The monoisotopic (exact) mass is 264 g/mol. The molecule has 17 heavy (non-hydrogen) atoms.